The highest BCUT2D eigenvalue weighted by Crippen LogP contribution is 2.26. The maximum atomic E-state index is 12.2. The molecule has 0 radical (unpaired) electrons. The second kappa shape index (κ2) is 6.66. The number of rotatable bonds is 4. The van der Waals surface area contributed by atoms with E-state index < -0.39 is 0 Å². The third-order valence-electron chi connectivity index (χ3n) is 3.65. The van der Waals surface area contributed by atoms with E-state index in [1.165, 1.54) is 11.3 Å². The van der Waals surface area contributed by atoms with Crippen molar-refractivity contribution in [2.24, 2.45) is 0 Å². The standard InChI is InChI=1S/C18H13ClN4OS/c19-13-6-4-12(5-7-13)15-11-25-18(21-15)22-17(24)9-14-10-23-8-2-1-3-16(23)20-14/h1-8,10-11H,9H2,(H,21,22,24). The van der Waals surface area contributed by atoms with E-state index in [1.54, 1.807) is 0 Å². The van der Waals surface area contributed by atoms with Gasteiger partial charge in [-0.05, 0) is 24.3 Å². The molecule has 1 amide bonds. The number of benzene rings is 1. The molecule has 0 aliphatic heterocycles. The first kappa shape index (κ1) is 15.8. The second-order valence-corrected chi connectivity index (χ2v) is 6.76. The summed E-state index contributed by atoms with van der Waals surface area (Å²) in [6.45, 7) is 0. The average molecular weight is 369 g/mol. The van der Waals surface area contributed by atoms with Crippen LogP contribution in [0, 0.1) is 0 Å². The highest BCUT2D eigenvalue weighted by atomic mass is 35.5. The Bertz CT molecular complexity index is 1010. The van der Waals surface area contributed by atoms with Crippen molar-refractivity contribution in [3.8, 4) is 11.3 Å². The van der Waals surface area contributed by atoms with Crippen LogP contribution in [0.25, 0.3) is 16.9 Å². The van der Waals surface area contributed by atoms with Gasteiger partial charge in [-0.2, -0.15) is 0 Å². The molecule has 0 fully saturated rings. The maximum Gasteiger partial charge on any atom is 0.232 e. The van der Waals surface area contributed by atoms with Crippen LogP contribution in [0.2, 0.25) is 5.02 Å². The lowest BCUT2D eigenvalue weighted by atomic mass is 10.2. The molecule has 0 saturated carbocycles. The molecule has 0 spiro atoms. The molecule has 0 aliphatic rings. The van der Waals surface area contributed by atoms with Crippen LogP contribution in [0.3, 0.4) is 0 Å². The zero-order valence-electron chi connectivity index (χ0n) is 13.0. The summed E-state index contributed by atoms with van der Waals surface area (Å²) in [5.74, 6) is -0.139. The minimum absolute atomic E-state index is 0.139. The van der Waals surface area contributed by atoms with Crippen molar-refractivity contribution in [1.29, 1.82) is 0 Å². The zero-order valence-corrected chi connectivity index (χ0v) is 14.6. The first-order valence-electron chi connectivity index (χ1n) is 7.61. The van der Waals surface area contributed by atoms with Crippen LogP contribution in [0.1, 0.15) is 5.69 Å². The van der Waals surface area contributed by atoms with E-state index >= 15 is 0 Å². The van der Waals surface area contributed by atoms with Crippen molar-refractivity contribution >= 4 is 39.6 Å². The summed E-state index contributed by atoms with van der Waals surface area (Å²) in [6, 6.07) is 13.2. The van der Waals surface area contributed by atoms with E-state index in [2.05, 4.69) is 15.3 Å². The number of halogens is 1. The van der Waals surface area contributed by atoms with E-state index in [9.17, 15) is 4.79 Å². The van der Waals surface area contributed by atoms with Crippen molar-refractivity contribution in [3.05, 3.63) is 71.0 Å². The van der Waals surface area contributed by atoms with Gasteiger partial charge in [-0.15, -0.1) is 11.3 Å². The number of hydrogen-bond donors (Lipinski definition) is 1. The molecular formula is C18H13ClN4OS. The normalized spacial score (nSPS) is 10.9. The number of hydrogen-bond acceptors (Lipinski definition) is 4. The van der Waals surface area contributed by atoms with Gasteiger partial charge in [0.05, 0.1) is 17.8 Å². The highest BCUT2D eigenvalue weighted by Gasteiger charge is 2.11. The molecule has 0 aliphatic carbocycles. The fraction of sp³-hybridized carbons (Fsp3) is 0.0556. The summed E-state index contributed by atoms with van der Waals surface area (Å²) in [6.07, 6.45) is 3.97. The van der Waals surface area contributed by atoms with E-state index in [0.717, 1.165) is 22.6 Å². The molecule has 0 bridgehead atoms. The Balaban J connectivity index is 1.45. The van der Waals surface area contributed by atoms with Gasteiger partial charge in [0.25, 0.3) is 0 Å². The lowest BCUT2D eigenvalue weighted by Crippen LogP contribution is -2.14. The van der Waals surface area contributed by atoms with Crippen molar-refractivity contribution in [3.63, 3.8) is 0 Å². The van der Waals surface area contributed by atoms with Gasteiger partial charge in [-0.25, -0.2) is 9.97 Å². The van der Waals surface area contributed by atoms with Crippen LogP contribution in [0.15, 0.2) is 60.2 Å². The number of imidazole rings is 1. The van der Waals surface area contributed by atoms with Crippen molar-refractivity contribution in [1.82, 2.24) is 14.4 Å². The number of pyridine rings is 1. The number of nitrogens with zero attached hydrogens (tertiary/aromatic N) is 3. The monoisotopic (exact) mass is 368 g/mol. The van der Waals surface area contributed by atoms with Gasteiger partial charge in [0.2, 0.25) is 5.91 Å². The number of amides is 1. The molecule has 0 atom stereocenters. The number of carbonyl (C=O) groups excluding carboxylic acids is 1. The average Bonchev–Trinajstić information content (AvgIpc) is 3.21. The van der Waals surface area contributed by atoms with Crippen molar-refractivity contribution < 1.29 is 4.79 Å². The molecule has 0 saturated heterocycles. The molecule has 4 rings (SSSR count). The molecule has 1 aromatic carbocycles. The van der Waals surface area contributed by atoms with Gasteiger partial charge in [0, 0.05) is 28.4 Å². The third kappa shape index (κ3) is 3.55. The SMILES string of the molecule is O=C(Cc1cn2ccccc2n1)Nc1nc(-c2ccc(Cl)cc2)cs1. The Morgan fingerprint density at radius 1 is 1.16 bits per heavy atom. The van der Waals surface area contributed by atoms with Crippen molar-refractivity contribution in [2.45, 2.75) is 6.42 Å². The fourth-order valence-corrected chi connectivity index (χ4v) is 3.35. The van der Waals surface area contributed by atoms with Crippen LogP contribution in [0.5, 0.6) is 0 Å². The molecule has 124 valence electrons. The van der Waals surface area contributed by atoms with E-state index in [4.69, 9.17) is 11.6 Å². The fourth-order valence-electron chi connectivity index (χ4n) is 2.48. The van der Waals surface area contributed by atoms with Crippen LogP contribution in [0.4, 0.5) is 5.13 Å². The number of nitrogens with one attached hydrogen (secondary N) is 1. The Hall–Kier alpha value is -2.70. The molecule has 3 aromatic heterocycles. The molecule has 7 heteroatoms. The quantitative estimate of drug-likeness (QED) is 0.584. The minimum Gasteiger partial charge on any atom is -0.307 e. The Labute approximate surface area is 152 Å². The predicted octanol–water partition coefficient (Wildman–Crippen LogP) is 4.29. The van der Waals surface area contributed by atoms with Gasteiger partial charge >= 0.3 is 0 Å². The number of aromatic nitrogens is 3. The Kier molecular flexibility index (Phi) is 4.21. The lowest BCUT2D eigenvalue weighted by Gasteiger charge is -1.99. The topological polar surface area (TPSA) is 59.3 Å². The maximum absolute atomic E-state index is 12.2. The van der Waals surface area contributed by atoms with E-state index in [0.29, 0.717) is 10.2 Å². The lowest BCUT2D eigenvalue weighted by molar-refractivity contribution is -0.115. The summed E-state index contributed by atoms with van der Waals surface area (Å²) in [5, 5.41) is 5.98. The molecule has 0 unspecified atom stereocenters. The predicted molar refractivity (Wildman–Crippen MR) is 100 cm³/mol. The molecule has 25 heavy (non-hydrogen) atoms. The molecule has 4 aromatic rings. The van der Waals surface area contributed by atoms with Crippen molar-refractivity contribution in [2.75, 3.05) is 5.32 Å². The second-order valence-electron chi connectivity index (χ2n) is 5.47. The number of fused-ring (bicyclic) bond motifs is 1. The summed E-state index contributed by atoms with van der Waals surface area (Å²) < 4.78 is 1.89. The van der Waals surface area contributed by atoms with Gasteiger partial charge in [0.1, 0.15) is 5.65 Å². The molecule has 1 N–H and O–H groups in total. The van der Waals surface area contributed by atoms with Crippen LogP contribution < -0.4 is 5.32 Å². The van der Waals surface area contributed by atoms with Crippen LogP contribution in [-0.2, 0) is 11.2 Å². The largest absolute Gasteiger partial charge is 0.307 e. The summed E-state index contributed by atoms with van der Waals surface area (Å²) in [4.78, 5) is 21.1. The molecular weight excluding hydrogens is 356 g/mol. The zero-order chi connectivity index (χ0) is 17.2. The van der Waals surface area contributed by atoms with Gasteiger partial charge < -0.3 is 9.72 Å². The number of thiazole rings is 1. The highest BCUT2D eigenvalue weighted by molar-refractivity contribution is 7.14. The minimum atomic E-state index is -0.139. The van der Waals surface area contributed by atoms with Crippen LogP contribution in [-0.4, -0.2) is 20.3 Å². The number of anilines is 1. The first-order chi connectivity index (χ1) is 12.2. The smallest absolute Gasteiger partial charge is 0.232 e. The third-order valence-corrected chi connectivity index (χ3v) is 4.66. The van der Waals surface area contributed by atoms with Crippen LogP contribution >= 0.6 is 22.9 Å². The Morgan fingerprint density at radius 2 is 2.00 bits per heavy atom. The van der Waals surface area contributed by atoms with Gasteiger partial charge in [-0.1, -0.05) is 29.8 Å². The van der Waals surface area contributed by atoms with Gasteiger partial charge in [0.15, 0.2) is 5.13 Å². The molecule has 5 nitrogen and oxygen atoms in total. The number of carbonyl (C=O) groups is 1. The first-order valence-corrected chi connectivity index (χ1v) is 8.87. The Morgan fingerprint density at radius 3 is 2.80 bits per heavy atom. The van der Waals surface area contributed by atoms with E-state index in [1.807, 2.05) is 64.6 Å². The van der Waals surface area contributed by atoms with Gasteiger partial charge in [-0.3, -0.25) is 4.79 Å². The molecule has 3 heterocycles. The summed E-state index contributed by atoms with van der Waals surface area (Å²) in [7, 11) is 0. The summed E-state index contributed by atoms with van der Waals surface area (Å²) >= 11 is 7.29. The van der Waals surface area contributed by atoms with E-state index in [-0.39, 0.29) is 12.3 Å². The summed E-state index contributed by atoms with van der Waals surface area (Å²) in [5.41, 5.74) is 3.31.